The third-order valence-electron chi connectivity index (χ3n) is 7.11. The van der Waals surface area contributed by atoms with E-state index in [2.05, 4.69) is 0 Å². The number of halogens is 1. The Morgan fingerprint density at radius 3 is 2.28 bits per heavy atom. The molecule has 39 heavy (non-hydrogen) atoms. The largest absolute Gasteiger partial charge is 0.507 e. The molecular formula is C30H27FNO6P. The van der Waals surface area contributed by atoms with Gasteiger partial charge in [-0.05, 0) is 72.0 Å². The summed E-state index contributed by atoms with van der Waals surface area (Å²) in [6.07, 6.45) is -0.194. The maximum Gasteiger partial charge on any atom is 0.356 e. The molecule has 1 fully saturated rings. The number of hydrogen-bond donors (Lipinski definition) is 4. The molecule has 0 saturated carbocycles. The number of nitrogens with zero attached hydrogens (tertiary/aromatic N) is 1. The number of benzene rings is 4. The lowest BCUT2D eigenvalue weighted by Gasteiger charge is -2.48. The number of phenolic OH excluding ortho intramolecular Hbond substituents is 1. The highest BCUT2D eigenvalue weighted by Crippen LogP contribution is 2.47. The van der Waals surface area contributed by atoms with E-state index in [-0.39, 0.29) is 17.0 Å². The Kier molecular flexibility index (Phi) is 7.38. The fourth-order valence-corrected chi connectivity index (χ4v) is 5.70. The van der Waals surface area contributed by atoms with Gasteiger partial charge in [-0.2, -0.15) is 0 Å². The number of carbonyl (C=O) groups is 1. The van der Waals surface area contributed by atoms with Crippen molar-refractivity contribution in [2.75, 3.05) is 4.90 Å². The Morgan fingerprint density at radius 1 is 0.897 bits per heavy atom. The van der Waals surface area contributed by atoms with E-state index in [0.717, 1.165) is 0 Å². The molecule has 0 spiro atoms. The van der Waals surface area contributed by atoms with Crippen LogP contribution in [0.5, 0.6) is 5.75 Å². The predicted octanol–water partition coefficient (Wildman–Crippen LogP) is 5.22. The van der Waals surface area contributed by atoms with Crippen LogP contribution in [0.1, 0.15) is 36.1 Å². The van der Waals surface area contributed by atoms with Gasteiger partial charge in [0.15, 0.2) is 0 Å². The molecule has 1 saturated heterocycles. The van der Waals surface area contributed by atoms with E-state index in [1.165, 1.54) is 42.5 Å². The van der Waals surface area contributed by atoms with Crippen molar-refractivity contribution in [2.45, 2.75) is 25.0 Å². The number of β-lactam (4-membered cyclic amide) rings is 1. The molecule has 9 heteroatoms. The summed E-state index contributed by atoms with van der Waals surface area (Å²) >= 11 is 0. The van der Waals surface area contributed by atoms with Crippen LogP contribution in [0, 0.1) is 11.7 Å². The van der Waals surface area contributed by atoms with Crippen molar-refractivity contribution in [3.8, 4) is 16.9 Å². The number of aliphatic hydroxyl groups excluding tert-OH is 1. The Bertz CT molecular complexity index is 1540. The molecule has 3 atom stereocenters. The smallest absolute Gasteiger partial charge is 0.356 e. The van der Waals surface area contributed by atoms with Gasteiger partial charge in [0.1, 0.15) is 11.6 Å². The highest BCUT2D eigenvalue weighted by molar-refractivity contribution is 7.60. The van der Waals surface area contributed by atoms with Crippen molar-refractivity contribution < 1.29 is 33.7 Å². The van der Waals surface area contributed by atoms with Gasteiger partial charge < -0.3 is 24.9 Å². The van der Waals surface area contributed by atoms with Crippen LogP contribution in [0.4, 0.5) is 10.1 Å². The van der Waals surface area contributed by atoms with Crippen molar-refractivity contribution >= 4 is 24.5 Å². The average Bonchev–Trinajstić information content (AvgIpc) is 2.92. The highest BCUT2D eigenvalue weighted by atomic mass is 31.2. The molecule has 1 amide bonds. The molecule has 0 radical (unpaired) electrons. The van der Waals surface area contributed by atoms with Gasteiger partial charge in [0.2, 0.25) is 5.91 Å². The number of hydrogen-bond acceptors (Lipinski definition) is 4. The zero-order chi connectivity index (χ0) is 27.7. The normalized spacial score (nSPS) is 18.1. The number of aliphatic hydroxyl groups is 1. The first kappa shape index (κ1) is 26.8. The SMILES string of the molecule is O=C1[C@H](CC[C@H](O)c2ccc(F)cc2)[C@@H](c2ccc(-c3cccc(P(=O)(O)O)c3)c(O)c2)N1c1ccccc1. The maximum absolute atomic E-state index is 13.3. The predicted molar refractivity (Wildman–Crippen MR) is 146 cm³/mol. The molecule has 0 bridgehead atoms. The van der Waals surface area contributed by atoms with E-state index >= 15 is 0 Å². The molecule has 7 nitrogen and oxygen atoms in total. The second-order valence-corrected chi connectivity index (χ2v) is 11.2. The van der Waals surface area contributed by atoms with E-state index < -0.39 is 31.5 Å². The highest BCUT2D eigenvalue weighted by Gasteiger charge is 2.48. The summed E-state index contributed by atoms with van der Waals surface area (Å²) in [6.45, 7) is 0. The molecule has 4 aromatic rings. The van der Waals surface area contributed by atoms with Gasteiger partial charge in [0.25, 0.3) is 0 Å². The van der Waals surface area contributed by atoms with Gasteiger partial charge in [0, 0.05) is 11.3 Å². The third-order valence-corrected chi connectivity index (χ3v) is 8.06. The molecule has 0 aliphatic carbocycles. The summed E-state index contributed by atoms with van der Waals surface area (Å²) in [5, 5.41) is 21.4. The number of aromatic hydroxyl groups is 1. The van der Waals surface area contributed by atoms with Crippen molar-refractivity contribution in [3.63, 3.8) is 0 Å². The monoisotopic (exact) mass is 547 g/mol. The fraction of sp³-hybridized carbons (Fsp3) is 0.167. The summed E-state index contributed by atoms with van der Waals surface area (Å²) in [5.41, 5.74) is 2.81. The number of amides is 1. The first-order valence-electron chi connectivity index (χ1n) is 12.4. The Balaban J connectivity index is 1.43. The Morgan fingerprint density at radius 2 is 1.62 bits per heavy atom. The Labute approximate surface area is 225 Å². The van der Waals surface area contributed by atoms with Crippen LogP contribution in [0.25, 0.3) is 11.1 Å². The van der Waals surface area contributed by atoms with Gasteiger partial charge in [-0.1, -0.05) is 54.6 Å². The maximum atomic E-state index is 13.3. The molecule has 5 rings (SSSR count). The number of rotatable bonds is 8. The van der Waals surface area contributed by atoms with E-state index in [0.29, 0.717) is 40.8 Å². The standard InChI is InChI=1S/C30H27FNO6P/c31-22-12-9-19(10-13-22)27(33)16-15-26-29(32(30(26)35)23-6-2-1-3-7-23)21-11-14-25(28(34)18-21)20-5-4-8-24(17-20)39(36,37)38/h1-14,17-18,26-27,29,33-34H,15-16H2,(H2,36,37,38)/t26-,27+,29-/m1/s1. The lowest BCUT2D eigenvalue weighted by Crippen LogP contribution is -2.55. The van der Waals surface area contributed by atoms with Gasteiger partial charge in [-0.15, -0.1) is 0 Å². The summed E-state index contributed by atoms with van der Waals surface area (Å²) < 4.78 is 25.0. The lowest BCUT2D eigenvalue weighted by atomic mass is 9.78. The van der Waals surface area contributed by atoms with Crippen LogP contribution < -0.4 is 10.2 Å². The topological polar surface area (TPSA) is 118 Å². The van der Waals surface area contributed by atoms with Crippen LogP contribution in [0.3, 0.4) is 0 Å². The first-order valence-corrected chi connectivity index (χ1v) is 14.1. The fourth-order valence-electron chi connectivity index (χ4n) is 5.11. The van der Waals surface area contributed by atoms with Crippen molar-refractivity contribution in [1.82, 2.24) is 0 Å². The minimum absolute atomic E-state index is 0.0900. The first-order chi connectivity index (χ1) is 18.6. The van der Waals surface area contributed by atoms with Gasteiger partial charge in [-0.25, -0.2) is 4.39 Å². The zero-order valence-corrected chi connectivity index (χ0v) is 21.7. The van der Waals surface area contributed by atoms with Crippen LogP contribution in [0.15, 0.2) is 97.1 Å². The quantitative estimate of drug-likeness (QED) is 0.178. The molecule has 1 aliphatic heterocycles. The lowest BCUT2D eigenvalue weighted by molar-refractivity contribution is -0.131. The number of phenols is 1. The molecule has 1 heterocycles. The average molecular weight is 548 g/mol. The van der Waals surface area contributed by atoms with Crippen LogP contribution in [0.2, 0.25) is 0 Å². The number of carbonyl (C=O) groups excluding carboxylic acids is 1. The summed E-state index contributed by atoms with van der Waals surface area (Å²) in [6, 6.07) is 25.3. The van der Waals surface area contributed by atoms with E-state index in [4.69, 9.17) is 0 Å². The minimum atomic E-state index is -4.46. The molecule has 4 aromatic carbocycles. The summed E-state index contributed by atoms with van der Waals surface area (Å²) in [7, 11) is -4.46. The zero-order valence-electron chi connectivity index (χ0n) is 20.8. The van der Waals surface area contributed by atoms with Crippen molar-refractivity contribution in [1.29, 1.82) is 0 Å². The molecular weight excluding hydrogens is 520 g/mol. The summed E-state index contributed by atoms with van der Waals surface area (Å²) in [4.78, 5) is 34.0. The summed E-state index contributed by atoms with van der Waals surface area (Å²) in [5.74, 6) is -1.04. The van der Waals surface area contributed by atoms with Crippen molar-refractivity contribution in [2.24, 2.45) is 5.92 Å². The van der Waals surface area contributed by atoms with E-state index in [1.54, 1.807) is 29.2 Å². The minimum Gasteiger partial charge on any atom is -0.507 e. The second-order valence-electron chi connectivity index (χ2n) is 9.61. The third kappa shape index (κ3) is 5.51. The van der Waals surface area contributed by atoms with Crippen LogP contribution in [-0.4, -0.2) is 25.9 Å². The second kappa shape index (κ2) is 10.8. The van der Waals surface area contributed by atoms with E-state index in [9.17, 15) is 33.7 Å². The Hall–Kier alpha value is -3.81. The van der Waals surface area contributed by atoms with Gasteiger partial charge in [0.05, 0.1) is 23.4 Å². The van der Waals surface area contributed by atoms with Crippen molar-refractivity contribution in [3.05, 3.63) is 114 Å². The van der Waals surface area contributed by atoms with Gasteiger partial charge in [-0.3, -0.25) is 9.36 Å². The molecule has 4 N–H and O–H groups in total. The molecule has 0 unspecified atom stereocenters. The molecule has 200 valence electrons. The molecule has 1 aliphatic rings. The molecule has 0 aromatic heterocycles. The van der Waals surface area contributed by atoms with E-state index in [1.807, 2.05) is 30.3 Å². The van der Waals surface area contributed by atoms with Crippen LogP contribution >= 0.6 is 7.60 Å². The number of para-hydroxylation sites is 1. The van der Waals surface area contributed by atoms with Gasteiger partial charge >= 0.3 is 7.60 Å². The number of anilines is 1. The van der Waals surface area contributed by atoms with Crippen LogP contribution in [-0.2, 0) is 9.36 Å².